The first-order chi connectivity index (χ1) is 4.81. The van der Waals surface area contributed by atoms with Crippen LogP contribution in [0, 0.1) is 5.92 Å². The van der Waals surface area contributed by atoms with Crippen LogP contribution in [0.25, 0.3) is 0 Å². The van der Waals surface area contributed by atoms with Crippen LogP contribution in [0.2, 0.25) is 0 Å². The molecule has 1 unspecified atom stereocenters. The van der Waals surface area contributed by atoms with Crippen molar-refractivity contribution >= 4 is 0 Å². The quantitative estimate of drug-likeness (QED) is 0.574. The van der Waals surface area contributed by atoms with Crippen LogP contribution in [0.15, 0.2) is 0 Å². The van der Waals surface area contributed by atoms with Gasteiger partial charge in [-0.25, -0.2) is 4.39 Å². The lowest BCUT2D eigenvalue weighted by Gasteiger charge is -2.39. The lowest BCUT2D eigenvalue weighted by molar-refractivity contribution is 0.0179. The standard InChI is InChI=1S/C7H12FNO/c8-7(4-9-5-7)6-1-2-10-3-6/h6,9H,1-5H2. The SMILES string of the molecule is FC1(C2CCOC2)CNC1. The molecule has 10 heavy (non-hydrogen) atoms. The summed E-state index contributed by atoms with van der Waals surface area (Å²) in [5.41, 5.74) is -0.934. The fourth-order valence-corrected chi connectivity index (χ4v) is 1.60. The van der Waals surface area contributed by atoms with Gasteiger partial charge in [0, 0.05) is 25.6 Å². The van der Waals surface area contributed by atoms with E-state index in [0.717, 1.165) is 13.0 Å². The molecule has 2 aliphatic heterocycles. The Hall–Kier alpha value is -0.150. The fraction of sp³-hybridized carbons (Fsp3) is 1.00. The smallest absolute Gasteiger partial charge is 0.140 e. The van der Waals surface area contributed by atoms with E-state index in [-0.39, 0.29) is 5.92 Å². The zero-order valence-electron chi connectivity index (χ0n) is 5.90. The number of alkyl halides is 1. The van der Waals surface area contributed by atoms with Gasteiger partial charge in [-0.15, -0.1) is 0 Å². The van der Waals surface area contributed by atoms with Gasteiger partial charge in [0.25, 0.3) is 0 Å². The number of nitrogens with one attached hydrogen (secondary N) is 1. The highest BCUT2D eigenvalue weighted by Gasteiger charge is 2.45. The van der Waals surface area contributed by atoms with Gasteiger partial charge in [-0.05, 0) is 6.42 Å². The van der Waals surface area contributed by atoms with Crippen LogP contribution in [0.5, 0.6) is 0 Å². The molecule has 0 aromatic heterocycles. The van der Waals surface area contributed by atoms with Crippen LogP contribution in [0.4, 0.5) is 4.39 Å². The van der Waals surface area contributed by atoms with Gasteiger partial charge >= 0.3 is 0 Å². The maximum Gasteiger partial charge on any atom is 0.140 e. The van der Waals surface area contributed by atoms with Crippen molar-refractivity contribution in [2.45, 2.75) is 12.1 Å². The molecule has 2 rings (SSSR count). The second-order valence-corrected chi connectivity index (χ2v) is 3.20. The molecule has 1 atom stereocenters. The summed E-state index contributed by atoms with van der Waals surface area (Å²) in [5, 5.41) is 2.95. The summed E-state index contributed by atoms with van der Waals surface area (Å²) in [6.45, 7) is 2.43. The highest BCUT2D eigenvalue weighted by molar-refractivity contribution is 4.99. The van der Waals surface area contributed by atoms with E-state index in [1.165, 1.54) is 0 Å². The van der Waals surface area contributed by atoms with E-state index in [4.69, 9.17) is 4.74 Å². The maximum absolute atomic E-state index is 13.5. The van der Waals surface area contributed by atoms with Crippen molar-refractivity contribution in [2.24, 2.45) is 5.92 Å². The molecule has 2 nitrogen and oxygen atoms in total. The normalized spacial score (nSPS) is 37.5. The van der Waals surface area contributed by atoms with Gasteiger partial charge in [-0.2, -0.15) is 0 Å². The lowest BCUT2D eigenvalue weighted by atomic mass is 9.84. The van der Waals surface area contributed by atoms with E-state index in [0.29, 0.717) is 19.7 Å². The van der Waals surface area contributed by atoms with Crippen LogP contribution in [0.3, 0.4) is 0 Å². The summed E-state index contributed by atoms with van der Waals surface area (Å²) < 4.78 is 18.6. The Morgan fingerprint density at radius 2 is 2.30 bits per heavy atom. The average molecular weight is 145 g/mol. The number of hydrogen-bond donors (Lipinski definition) is 1. The Morgan fingerprint density at radius 3 is 2.70 bits per heavy atom. The Morgan fingerprint density at radius 1 is 1.50 bits per heavy atom. The summed E-state index contributed by atoms with van der Waals surface area (Å²) in [7, 11) is 0. The highest BCUT2D eigenvalue weighted by Crippen LogP contribution is 2.32. The van der Waals surface area contributed by atoms with E-state index < -0.39 is 5.67 Å². The number of rotatable bonds is 1. The van der Waals surface area contributed by atoms with Crippen LogP contribution >= 0.6 is 0 Å². The molecule has 0 aromatic rings. The van der Waals surface area contributed by atoms with E-state index in [9.17, 15) is 4.39 Å². The van der Waals surface area contributed by atoms with Gasteiger partial charge in [0.1, 0.15) is 5.67 Å². The Bertz CT molecular complexity index is 130. The molecule has 2 fully saturated rings. The first-order valence-corrected chi connectivity index (χ1v) is 3.79. The number of halogens is 1. The highest BCUT2D eigenvalue weighted by atomic mass is 19.1. The molecule has 0 aromatic carbocycles. The molecule has 0 saturated carbocycles. The van der Waals surface area contributed by atoms with Gasteiger partial charge in [0.2, 0.25) is 0 Å². The predicted octanol–water partition coefficient (Wildman–Crippen LogP) is 0.334. The van der Waals surface area contributed by atoms with E-state index in [1.807, 2.05) is 0 Å². The van der Waals surface area contributed by atoms with Crippen LogP contribution in [0.1, 0.15) is 6.42 Å². The predicted molar refractivity (Wildman–Crippen MR) is 35.6 cm³/mol. The monoisotopic (exact) mass is 145 g/mol. The van der Waals surface area contributed by atoms with E-state index in [2.05, 4.69) is 5.32 Å². The van der Waals surface area contributed by atoms with Crippen molar-refractivity contribution in [3.63, 3.8) is 0 Å². The zero-order valence-corrected chi connectivity index (χ0v) is 5.90. The molecule has 0 amide bonds. The van der Waals surface area contributed by atoms with Gasteiger partial charge in [-0.3, -0.25) is 0 Å². The first-order valence-electron chi connectivity index (χ1n) is 3.79. The maximum atomic E-state index is 13.5. The third-order valence-corrected chi connectivity index (χ3v) is 2.50. The Kier molecular flexibility index (Phi) is 1.42. The van der Waals surface area contributed by atoms with E-state index >= 15 is 0 Å². The number of hydrogen-bond acceptors (Lipinski definition) is 2. The Balaban J connectivity index is 1.96. The van der Waals surface area contributed by atoms with Gasteiger partial charge in [-0.1, -0.05) is 0 Å². The molecule has 1 N–H and O–H groups in total. The molecule has 2 saturated heterocycles. The summed E-state index contributed by atoms with van der Waals surface area (Å²) in [4.78, 5) is 0. The molecule has 0 spiro atoms. The van der Waals surface area contributed by atoms with Crippen molar-refractivity contribution in [1.29, 1.82) is 0 Å². The topological polar surface area (TPSA) is 21.3 Å². The zero-order chi connectivity index (χ0) is 7.03. The number of ether oxygens (including phenoxy) is 1. The van der Waals surface area contributed by atoms with Crippen LogP contribution < -0.4 is 5.32 Å². The van der Waals surface area contributed by atoms with Gasteiger partial charge in [0.05, 0.1) is 6.61 Å². The first kappa shape index (κ1) is 6.55. The van der Waals surface area contributed by atoms with Crippen molar-refractivity contribution < 1.29 is 9.13 Å². The second kappa shape index (κ2) is 2.17. The minimum absolute atomic E-state index is 0.161. The van der Waals surface area contributed by atoms with Crippen molar-refractivity contribution in [2.75, 3.05) is 26.3 Å². The second-order valence-electron chi connectivity index (χ2n) is 3.20. The summed E-state index contributed by atoms with van der Waals surface area (Å²) in [6, 6.07) is 0. The molecular formula is C7H12FNO. The molecule has 2 heterocycles. The summed E-state index contributed by atoms with van der Waals surface area (Å²) >= 11 is 0. The third-order valence-electron chi connectivity index (χ3n) is 2.50. The van der Waals surface area contributed by atoms with Crippen molar-refractivity contribution in [3.8, 4) is 0 Å². The molecule has 0 bridgehead atoms. The van der Waals surface area contributed by atoms with E-state index in [1.54, 1.807) is 0 Å². The molecule has 0 aliphatic carbocycles. The summed E-state index contributed by atoms with van der Waals surface area (Å²) in [5.74, 6) is 0.161. The minimum atomic E-state index is -0.934. The van der Waals surface area contributed by atoms with Gasteiger partial charge < -0.3 is 10.1 Å². The summed E-state index contributed by atoms with van der Waals surface area (Å²) in [6.07, 6.45) is 0.901. The van der Waals surface area contributed by atoms with Crippen LogP contribution in [-0.2, 0) is 4.74 Å². The minimum Gasteiger partial charge on any atom is -0.381 e. The largest absolute Gasteiger partial charge is 0.381 e. The van der Waals surface area contributed by atoms with Crippen LogP contribution in [-0.4, -0.2) is 32.0 Å². The Labute approximate surface area is 59.7 Å². The molecular weight excluding hydrogens is 133 g/mol. The van der Waals surface area contributed by atoms with Gasteiger partial charge in [0.15, 0.2) is 0 Å². The molecule has 58 valence electrons. The average Bonchev–Trinajstić information content (AvgIpc) is 2.33. The molecule has 0 radical (unpaired) electrons. The third kappa shape index (κ3) is 0.847. The van der Waals surface area contributed by atoms with Crippen molar-refractivity contribution in [1.82, 2.24) is 5.32 Å². The molecule has 2 aliphatic rings. The molecule has 3 heteroatoms. The lowest BCUT2D eigenvalue weighted by Crippen LogP contribution is -2.60. The fourth-order valence-electron chi connectivity index (χ4n) is 1.60. The van der Waals surface area contributed by atoms with Crippen molar-refractivity contribution in [3.05, 3.63) is 0 Å².